The summed E-state index contributed by atoms with van der Waals surface area (Å²) in [6.45, 7) is 0. The fourth-order valence-electron chi connectivity index (χ4n) is 0.884. The zero-order valence-electron chi connectivity index (χ0n) is 8.74. The van der Waals surface area contributed by atoms with E-state index in [1.807, 2.05) is 0 Å². The zero-order valence-corrected chi connectivity index (χ0v) is 9.55. The van der Waals surface area contributed by atoms with Crippen LogP contribution in [0.5, 0.6) is 0 Å². The summed E-state index contributed by atoms with van der Waals surface area (Å²) < 4.78 is 150. The van der Waals surface area contributed by atoms with E-state index in [0.717, 1.165) is 0 Å². The highest BCUT2D eigenvalue weighted by Gasteiger charge is 2.80. The third-order valence-corrected chi connectivity index (χ3v) is 2.82. The lowest BCUT2D eigenvalue weighted by atomic mass is 10.0. The Hall–Kier alpha value is -0.790. The molecule has 0 rings (SSSR count). The second kappa shape index (κ2) is 4.89. The van der Waals surface area contributed by atoms with E-state index in [0.29, 0.717) is 0 Å². The maximum Gasteiger partial charge on any atom is 0.438 e. The van der Waals surface area contributed by atoms with Gasteiger partial charge in [0.2, 0.25) is 0 Å². The van der Waals surface area contributed by atoms with Crippen LogP contribution in [0.1, 0.15) is 6.42 Å². The Labute approximate surface area is 104 Å². The summed E-state index contributed by atoms with van der Waals surface area (Å²) in [5.74, 6) is -13.8. The monoisotopic (exact) mass is 346 g/mol. The smallest absolute Gasteiger partial charge is 0.281 e. The second-order valence-electron chi connectivity index (χ2n) is 3.48. The van der Waals surface area contributed by atoms with Crippen LogP contribution in [-0.4, -0.2) is 42.4 Å². The predicted molar refractivity (Wildman–Crippen MR) is 42.0 cm³/mol. The first-order chi connectivity index (χ1) is 8.38. The van der Waals surface area contributed by atoms with Crippen LogP contribution in [0.25, 0.3) is 0 Å². The maximum atomic E-state index is 12.7. The fraction of sp³-hybridized carbons (Fsp3) is 1.00. The van der Waals surface area contributed by atoms with Crippen LogP contribution in [0.3, 0.4) is 0 Å². The largest absolute Gasteiger partial charge is 0.438 e. The Bertz CT molecular complexity index is 452. The first-order valence-electron chi connectivity index (χ1n) is 4.19. The van der Waals surface area contributed by atoms with Crippen molar-refractivity contribution in [1.29, 1.82) is 0 Å². The third kappa shape index (κ3) is 3.27. The van der Waals surface area contributed by atoms with Crippen molar-refractivity contribution in [3.63, 3.8) is 0 Å². The van der Waals surface area contributed by atoms with Gasteiger partial charge in [0.1, 0.15) is 0 Å². The average molecular weight is 346 g/mol. The van der Waals surface area contributed by atoms with Crippen LogP contribution in [0.4, 0.5) is 43.9 Å². The van der Waals surface area contributed by atoms with Crippen molar-refractivity contribution in [2.24, 2.45) is 0 Å². The van der Waals surface area contributed by atoms with Crippen molar-refractivity contribution in [3.05, 3.63) is 0 Å². The summed E-state index contributed by atoms with van der Waals surface area (Å²) in [6, 6.07) is 0. The van der Waals surface area contributed by atoms with E-state index in [9.17, 15) is 52.3 Å². The molecule has 1 atom stereocenters. The van der Waals surface area contributed by atoms with Gasteiger partial charge in [-0.05, 0) is 0 Å². The molecule has 0 fully saturated rings. The van der Waals surface area contributed by atoms with Crippen LogP contribution >= 0.6 is 0 Å². The van der Waals surface area contributed by atoms with Crippen LogP contribution in [0.2, 0.25) is 0 Å². The lowest BCUT2D eigenvalue weighted by Gasteiger charge is -2.32. The molecule has 0 aliphatic carbocycles. The molecule has 0 heterocycles. The van der Waals surface area contributed by atoms with Crippen LogP contribution in [-0.2, 0) is 10.1 Å². The van der Waals surface area contributed by atoms with E-state index in [4.69, 9.17) is 4.55 Å². The molecule has 0 aromatic heterocycles. The van der Waals surface area contributed by atoms with Gasteiger partial charge in [0, 0.05) is 0 Å². The van der Waals surface area contributed by atoms with E-state index in [-0.39, 0.29) is 0 Å². The highest BCUT2D eigenvalue weighted by atomic mass is 32.2. The molecule has 1 unspecified atom stereocenters. The van der Waals surface area contributed by atoms with E-state index in [1.165, 1.54) is 0 Å². The Balaban J connectivity index is 5.70. The predicted octanol–water partition coefficient (Wildman–Crippen LogP) is 3.03. The topological polar surface area (TPSA) is 54.4 Å². The molecule has 0 radical (unpaired) electrons. The minimum Gasteiger partial charge on any atom is -0.281 e. The molecule has 0 saturated carbocycles. The van der Waals surface area contributed by atoms with Crippen molar-refractivity contribution in [2.45, 2.75) is 35.9 Å². The van der Waals surface area contributed by atoms with Crippen LogP contribution < -0.4 is 0 Å². The van der Waals surface area contributed by atoms with Gasteiger partial charge in [-0.1, -0.05) is 0 Å². The molecule has 3 nitrogen and oxygen atoms in total. The first kappa shape index (κ1) is 19.2. The third-order valence-electron chi connectivity index (χ3n) is 1.91. The standard InChI is InChI=1S/C6H4F10O3S/c7-2(1-3(8,9)10)4(11,12)5(13,14)6(15,16)20(17,18)19/h2H,1H2,(H,17,18,19). The van der Waals surface area contributed by atoms with E-state index in [1.54, 1.807) is 0 Å². The second-order valence-corrected chi connectivity index (χ2v) is 4.94. The summed E-state index contributed by atoms with van der Waals surface area (Å²) in [4.78, 5) is 0. The molecule has 14 heteroatoms. The van der Waals surface area contributed by atoms with Crippen LogP contribution in [0, 0.1) is 0 Å². The summed E-state index contributed by atoms with van der Waals surface area (Å²) >= 11 is 0. The summed E-state index contributed by atoms with van der Waals surface area (Å²) in [6.07, 6.45) is -13.8. The van der Waals surface area contributed by atoms with Crippen molar-refractivity contribution < 1.29 is 56.9 Å². The lowest BCUT2D eigenvalue weighted by Crippen LogP contribution is -2.61. The lowest BCUT2D eigenvalue weighted by molar-refractivity contribution is -0.308. The van der Waals surface area contributed by atoms with Gasteiger partial charge in [0.25, 0.3) is 0 Å². The van der Waals surface area contributed by atoms with Gasteiger partial charge >= 0.3 is 33.4 Å². The Kier molecular flexibility index (Phi) is 4.70. The zero-order chi connectivity index (χ0) is 16.8. The molecule has 0 aromatic carbocycles. The van der Waals surface area contributed by atoms with Gasteiger partial charge in [0.05, 0.1) is 6.42 Å². The van der Waals surface area contributed by atoms with E-state index >= 15 is 0 Å². The van der Waals surface area contributed by atoms with Crippen LogP contribution in [0.15, 0.2) is 0 Å². The average Bonchev–Trinajstić information content (AvgIpc) is 2.12. The van der Waals surface area contributed by atoms with Gasteiger partial charge < -0.3 is 0 Å². The Morgan fingerprint density at radius 3 is 1.50 bits per heavy atom. The van der Waals surface area contributed by atoms with Gasteiger partial charge in [-0.25, -0.2) is 4.39 Å². The Morgan fingerprint density at radius 1 is 0.900 bits per heavy atom. The molecule has 122 valence electrons. The number of rotatable bonds is 5. The highest BCUT2D eigenvalue weighted by molar-refractivity contribution is 7.87. The number of halogens is 10. The highest BCUT2D eigenvalue weighted by Crippen LogP contribution is 2.51. The molecule has 0 saturated heterocycles. The molecule has 0 aliphatic rings. The molecule has 0 spiro atoms. The van der Waals surface area contributed by atoms with Crippen molar-refractivity contribution in [1.82, 2.24) is 0 Å². The minimum absolute atomic E-state index is 3.23. The van der Waals surface area contributed by atoms with Gasteiger partial charge in [0.15, 0.2) is 6.17 Å². The Morgan fingerprint density at radius 2 is 1.25 bits per heavy atom. The molecule has 0 amide bonds. The molecular weight excluding hydrogens is 342 g/mol. The van der Waals surface area contributed by atoms with Gasteiger partial charge in [-0.3, -0.25) is 4.55 Å². The SMILES string of the molecule is O=S(=O)(O)C(F)(F)C(F)(F)C(F)(F)C(F)CC(F)(F)F. The van der Waals surface area contributed by atoms with E-state index < -0.39 is 46.0 Å². The number of alkyl halides is 10. The summed E-state index contributed by atoms with van der Waals surface area (Å²) in [7, 11) is -7.13. The first-order valence-corrected chi connectivity index (χ1v) is 5.63. The molecule has 0 aromatic rings. The molecule has 0 aliphatic heterocycles. The van der Waals surface area contributed by atoms with E-state index in [2.05, 4.69) is 0 Å². The minimum atomic E-state index is -7.13. The molecular formula is C6H4F10O3S. The summed E-state index contributed by atoms with van der Waals surface area (Å²) in [5.41, 5.74) is 0. The molecule has 1 N–H and O–H groups in total. The fourth-order valence-corrected chi connectivity index (χ4v) is 1.34. The maximum absolute atomic E-state index is 12.7. The molecule has 20 heavy (non-hydrogen) atoms. The number of hydrogen-bond acceptors (Lipinski definition) is 2. The van der Waals surface area contributed by atoms with Crippen molar-refractivity contribution in [3.8, 4) is 0 Å². The quantitative estimate of drug-likeness (QED) is 0.615. The summed E-state index contributed by atoms with van der Waals surface area (Å²) in [5, 5.41) is -6.89. The number of hydrogen-bond donors (Lipinski definition) is 1. The van der Waals surface area contributed by atoms with Gasteiger partial charge in [-0.15, -0.1) is 0 Å². The normalized spacial score (nSPS) is 17.1. The molecule has 0 bridgehead atoms. The van der Waals surface area contributed by atoms with Crippen molar-refractivity contribution in [2.75, 3.05) is 0 Å². The van der Waals surface area contributed by atoms with Crippen molar-refractivity contribution >= 4 is 10.1 Å². The van der Waals surface area contributed by atoms with Gasteiger partial charge in [-0.2, -0.15) is 47.9 Å².